The summed E-state index contributed by atoms with van der Waals surface area (Å²) in [7, 11) is -3.56. The Morgan fingerprint density at radius 2 is 1.65 bits per heavy atom. The van der Waals surface area contributed by atoms with Gasteiger partial charge in [0.2, 0.25) is 11.8 Å². The normalized spacial score (nSPS) is 27.3. The summed E-state index contributed by atoms with van der Waals surface area (Å²) in [6.07, 6.45) is 7.93. The lowest BCUT2D eigenvalue weighted by Crippen LogP contribution is -2.53. The molecule has 4 bridgehead atoms. The van der Waals surface area contributed by atoms with Gasteiger partial charge >= 0.3 is 0 Å². The molecule has 0 aliphatic heterocycles. The first-order valence-electron chi connectivity index (χ1n) is 11.8. The summed E-state index contributed by atoms with van der Waals surface area (Å²) in [5, 5.41) is 19.9. The average Bonchev–Trinajstić information content (AvgIpc) is 2.75. The molecule has 11 heteroatoms. The van der Waals surface area contributed by atoms with Gasteiger partial charge in [0.15, 0.2) is 9.84 Å². The molecular formula is C23H32N4O6S. The number of hydrogen-bond acceptors (Lipinski definition) is 7. The maximum Gasteiger partial charge on any atom is 0.293 e. The van der Waals surface area contributed by atoms with Crippen LogP contribution in [0.25, 0.3) is 0 Å². The summed E-state index contributed by atoms with van der Waals surface area (Å²) in [6, 6.07) is 3.66. The van der Waals surface area contributed by atoms with Crippen LogP contribution in [-0.2, 0) is 19.4 Å². The van der Waals surface area contributed by atoms with Crippen LogP contribution >= 0.6 is 0 Å². The summed E-state index contributed by atoms with van der Waals surface area (Å²) < 4.78 is 23.2. The molecular weight excluding hydrogens is 460 g/mol. The van der Waals surface area contributed by atoms with E-state index in [1.165, 1.54) is 31.4 Å². The molecule has 0 radical (unpaired) electrons. The van der Waals surface area contributed by atoms with Crippen molar-refractivity contribution in [1.29, 1.82) is 0 Å². The van der Waals surface area contributed by atoms with Gasteiger partial charge in [-0.05, 0) is 68.4 Å². The fourth-order valence-corrected chi connectivity index (χ4v) is 7.04. The Morgan fingerprint density at radius 3 is 2.21 bits per heavy atom. The summed E-state index contributed by atoms with van der Waals surface area (Å²) in [4.78, 5) is 35.6. The van der Waals surface area contributed by atoms with E-state index in [0.717, 1.165) is 31.6 Å². The van der Waals surface area contributed by atoms with Crippen LogP contribution in [0, 0.1) is 33.3 Å². The van der Waals surface area contributed by atoms with Crippen molar-refractivity contribution in [2.45, 2.75) is 49.8 Å². The van der Waals surface area contributed by atoms with Gasteiger partial charge in [0.25, 0.3) is 5.69 Å². The molecule has 1 aromatic carbocycles. The van der Waals surface area contributed by atoms with E-state index in [4.69, 9.17) is 0 Å². The second kappa shape index (κ2) is 9.52. The second-order valence-electron chi connectivity index (χ2n) is 10.2. The minimum Gasteiger partial charge on any atom is -0.378 e. The van der Waals surface area contributed by atoms with Gasteiger partial charge in [-0.2, -0.15) is 0 Å². The quantitative estimate of drug-likeness (QED) is 0.258. The lowest BCUT2D eigenvalue weighted by Gasteiger charge is -2.55. The van der Waals surface area contributed by atoms with E-state index in [1.807, 2.05) is 0 Å². The lowest BCUT2D eigenvalue weighted by molar-refractivity contribution is -0.384. The fraction of sp³-hybridized carbons (Fsp3) is 0.652. The van der Waals surface area contributed by atoms with Gasteiger partial charge in [-0.1, -0.05) is 0 Å². The zero-order valence-corrected chi connectivity index (χ0v) is 20.2. The summed E-state index contributed by atoms with van der Waals surface area (Å²) in [5.41, 5.74) is -0.396. The number of anilines is 1. The molecule has 4 saturated carbocycles. The molecule has 10 nitrogen and oxygen atoms in total. The molecule has 0 aromatic heterocycles. The first-order chi connectivity index (χ1) is 16.1. The lowest BCUT2D eigenvalue weighted by atomic mass is 9.49. The number of sulfone groups is 1. The molecule has 2 amide bonds. The van der Waals surface area contributed by atoms with Crippen LogP contribution in [-0.4, -0.2) is 51.0 Å². The van der Waals surface area contributed by atoms with Crippen molar-refractivity contribution in [3.8, 4) is 0 Å². The van der Waals surface area contributed by atoms with E-state index in [2.05, 4.69) is 16.0 Å². The molecule has 1 aromatic rings. The number of nitrogens with one attached hydrogen (secondary N) is 3. The van der Waals surface area contributed by atoms with Crippen LogP contribution in [0.3, 0.4) is 0 Å². The highest BCUT2D eigenvalue weighted by Crippen LogP contribution is 2.60. The van der Waals surface area contributed by atoms with Crippen LogP contribution in [0.1, 0.15) is 44.9 Å². The van der Waals surface area contributed by atoms with Crippen molar-refractivity contribution in [3.05, 3.63) is 28.3 Å². The zero-order valence-electron chi connectivity index (χ0n) is 19.3. The van der Waals surface area contributed by atoms with E-state index in [-0.39, 0.29) is 59.6 Å². The summed E-state index contributed by atoms with van der Waals surface area (Å²) in [5.74, 6) is 1.95. The van der Waals surface area contributed by atoms with Gasteiger partial charge in [-0.3, -0.25) is 19.7 Å². The number of carbonyl (C=O) groups excluding carboxylic acids is 2. The predicted molar refractivity (Wildman–Crippen MR) is 126 cm³/mol. The Balaban J connectivity index is 1.18. The monoisotopic (exact) mass is 492 g/mol. The van der Waals surface area contributed by atoms with Crippen LogP contribution in [0.5, 0.6) is 0 Å². The molecule has 4 fully saturated rings. The van der Waals surface area contributed by atoms with Gasteiger partial charge in [-0.15, -0.1) is 0 Å². The smallest absolute Gasteiger partial charge is 0.293 e. The minimum absolute atomic E-state index is 0.103. The number of carbonyl (C=O) groups is 2. The molecule has 0 spiro atoms. The van der Waals surface area contributed by atoms with E-state index in [9.17, 15) is 28.1 Å². The number of amides is 2. The molecule has 34 heavy (non-hydrogen) atoms. The topological polar surface area (TPSA) is 148 Å². The molecule has 3 N–H and O–H groups in total. The number of nitro groups is 1. The zero-order chi connectivity index (χ0) is 24.5. The Hall–Kier alpha value is -2.69. The van der Waals surface area contributed by atoms with Crippen molar-refractivity contribution >= 4 is 33.0 Å². The number of hydrogen-bond donors (Lipinski definition) is 3. The van der Waals surface area contributed by atoms with Gasteiger partial charge < -0.3 is 16.0 Å². The molecule has 0 unspecified atom stereocenters. The predicted octanol–water partition coefficient (Wildman–Crippen LogP) is 2.25. The minimum atomic E-state index is -3.56. The van der Waals surface area contributed by atoms with Crippen molar-refractivity contribution in [1.82, 2.24) is 10.6 Å². The fourth-order valence-electron chi connectivity index (χ4n) is 6.40. The van der Waals surface area contributed by atoms with E-state index >= 15 is 0 Å². The molecule has 186 valence electrons. The number of rotatable bonds is 10. The number of nitrogens with zero attached hydrogens (tertiary/aromatic N) is 1. The molecule has 4 aliphatic rings. The average molecular weight is 493 g/mol. The largest absolute Gasteiger partial charge is 0.378 e. The molecule has 4 aliphatic carbocycles. The molecule has 5 rings (SSSR count). The van der Waals surface area contributed by atoms with Gasteiger partial charge in [0.1, 0.15) is 5.69 Å². The second-order valence-corrected chi connectivity index (χ2v) is 12.2. The van der Waals surface area contributed by atoms with Crippen molar-refractivity contribution in [3.63, 3.8) is 0 Å². The standard InChI is InChI=1S/C23H32N4O6S/c1-34(32,33)18-2-3-19(20(11-18)27(30)31)24-6-7-25-21(28)4-5-26-22(29)23-12-15-8-16(13-23)10-17(9-15)14-23/h2-3,11,15-17,24H,4-10,12-14H2,1H3,(H,25,28)(H,26,29). The highest BCUT2D eigenvalue weighted by atomic mass is 32.2. The van der Waals surface area contributed by atoms with Crippen molar-refractivity contribution in [2.75, 3.05) is 31.2 Å². The maximum absolute atomic E-state index is 12.9. The van der Waals surface area contributed by atoms with Gasteiger partial charge in [0.05, 0.1) is 9.82 Å². The third kappa shape index (κ3) is 5.34. The summed E-state index contributed by atoms with van der Waals surface area (Å²) in [6.45, 7) is 0.745. The van der Waals surface area contributed by atoms with Crippen molar-refractivity contribution in [2.24, 2.45) is 23.2 Å². The first kappa shape index (κ1) is 24.4. The van der Waals surface area contributed by atoms with Crippen LogP contribution in [0.4, 0.5) is 11.4 Å². The highest BCUT2D eigenvalue weighted by molar-refractivity contribution is 7.90. The van der Waals surface area contributed by atoms with Crippen molar-refractivity contribution < 1.29 is 22.9 Å². The number of nitro benzene ring substituents is 1. The Bertz CT molecular complexity index is 1050. The molecule has 0 saturated heterocycles. The van der Waals surface area contributed by atoms with Crippen LogP contribution in [0.2, 0.25) is 0 Å². The third-order valence-corrected chi connectivity index (χ3v) is 8.62. The van der Waals surface area contributed by atoms with E-state index < -0.39 is 14.8 Å². The van der Waals surface area contributed by atoms with Crippen LogP contribution in [0.15, 0.2) is 23.1 Å². The molecule has 0 atom stereocenters. The summed E-state index contributed by atoms with van der Waals surface area (Å²) >= 11 is 0. The Kier molecular flexibility index (Phi) is 6.84. The Morgan fingerprint density at radius 1 is 1.03 bits per heavy atom. The SMILES string of the molecule is CS(=O)(=O)c1ccc(NCCNC(=O)CCNC(=O)C23CC4CC(CC(C4)C2)C3)c([N+](=O)[O-])c1. The van der Waals surface area contributed by atoms with E-state index in [0.29, 0.717) is 17.8 Å². The highest BCUT2D eigenvalue weighted by Gasteiger charge is 2.54. The number of benzene rings is 1. The van der Waals surface area contributed by atoms with Gasteiger partial charge in [0, 0.05) is 43.8 Å². The van der Waals surface area contributed by atoms with Gasteiger partial charge in [-0.25, -0.2) is 8.42 Å². The maximum atomic E-state index is 12.9. The molecule has 0 heterocycles. The first-order valence-corrected chi connectivity index (χ1v) is 13.7. The Labute approximate surface area is 199 Å². The van der Waals surface area contributed by atoms with Crippen LogP contribution < -0.4 is 16.0 Å². The van der Waals surface area contributed by atoms with E-state index in [1.54, 1.807) is 0 Å². The third-order valence-electron chi connectivity index (χ3n) is 7.51.